The molecule has 4 heteroatoms. The SMILES string of the molecule is COc1cc(CCC(=O)[O-])cc(OC)c1. The number of methoxy groups -OCH3 is 2. The maximum absolute atomic E-state index is 10.3. The topological polar surface area (TPSA) is 58.6 Å². The van der Waals surface area contributed by atoms with Gasteiger partial charge in [0.15, 0.2) is 0 Å². The summed E-state index contributed by atoms with van der Waals surface area (Å²) in [6.45, 7) is 0. The Kier molecular flexibility index (Phi) is 3.97. The van der Waals surface area contributed by atoms with E-state index in [-0.39, 0.29) is 6.42 Å². The lowest BCUT2D eigenvalue weighted by atomic mass is 10.1. The molecule has 1 aromatic rings. The summed E-state index contributed by atoms with van der Waals surface area (Å²) in [7, 11) is 3.11. The highest BCUT2D eigenvalue weighted by Gasteiger charge is 2.01. The van der Waals surface area contributed by atoms with Gasteiger partial charge in [0, 0.05) is 12.0 Å². The van der Waals surface area contributed by atoms with Crippen LogP contribution in [0.4, 0.5) is 0 Å². The molecule has 1 aromatic carbocycles. The van der Waals surface area contributed by atoms with Crippen LogP contribution in [0.2, 0.25) is 0 Å². The third-order valence-electron chi connectivity index (χ3n) is 2.03. The van der Waals surface area contributed by atoms with Crippen molar-refractivity contribution in [3.05, 3.63) is 23.8 Å². The van der Waals surface area contributed by atoms with Crippen molar-refractivity contribution in [1.29, 1.82) is 0 Å². The summed E-state index contributed by atoms with van der Waals surface area (Å²) < 4.78 is 10.1. The van der Waals surface area contributed by atoms with Gasteiger partial charge in [0.2, 0.25) is 0 Å². The number of benzene rings is 1. The molecule has 0 bridgehead atoms. The standard InChI is InChI=1S/C11H14O4/c1-14-9-5-8(3-4-11(12)13)6-10(7-9)15-2/h5-7H,3-4H2,1-2H3,(H,12,13)/p-1. The Balaban J connectivity index is 2.81. The van der Waals surface area contributed by atoms with Crippen molar-refractivity contribution in [2.45, 2.75) is 12.8 Å². The fourth-order valence-electron chi connectivity index (χ4n) is 1.26. The Morgan fingerprint density at radius 1 is 1.20 bits per heavy atom. The van der Waals surface area contributed by atoms with Crippen LogP contribution in [-0.2, 0) is 11.2 Å². The number of ether oxygens (including phenoxy) is 2. The molecule has 15 heavy (non-hydrogen) atoms. The molecule has 0 heterocycles. The Morgan fingerprint density at radius 2 is 1.73 bits per heavy atom. The predicted molar refractivity (Wildman–Crippen MR) is 52.9 cm³/mol. The Labute approximate surface area is 88.4 Å². The molecule has 0 radical (unpaired) electrons. The average Bonchev–Trinajstić information content (AvgIpc) is 2.25. The van der Waals surface area contributed by atoms with Crippen LogP contribution in [0.15, 0.2) is 18.2 Å². The van der Waals surface area contributed by atoms with Crippen molar-refractivity contribution >= 4 is 5.97 Å². The van der Waals surface area contributed by atoms with Crippen LogP contribution in [0, 0.1) is 0 Å². The van der Waals surface area contributed by atoms with E-state index in [4.69, 9.17) is 9.47 Å². The average molecular weight is 209 g/mol. The second kappa shape index (κ2) is 5.24. The molecule has 82 valence electrons. The number of aliphatic carboxylic acids is 1. The van der Waals surface area contributed by atoms with Gasteiger partial charge in [-0.2, -0.15) is 0 Å². The summed E-state index contributed by atoms with van der Waals surface area (Å²) in [5, 5.41) is 10.3. The molecule has 0 saturated carbocycles. The number of hydrogen-bond acceptors (Lipinski definition) is 4. The number of carboxylic acid groups (broad SMARTS) is 1. The van der Waals surface area contributed by atoms with Crippen molar-refractivity contribution in [3.63, 3.8) is 0 Å². The number of rotatable bonds is 5. The first-order valence-corrected chi connectivity index (χ1v) is 4.57. The molecule has 1 rings (SSSR count). The fourth-order valence-corrected chi connectivity index (χ4v) is 1.26. The lowest BCUT2D eigenvalue weighted by Gasteiger charge is -2.08. The van der Waals surface area contributed by atoms with Crippen LogP contribution in [0.5, 0.6) is 11.5 Å². The van der Waals surface area contributed by atoms with Crippen LogP contribution in [0.25, 0.3) is 0 Å². The molecule has 4 nitrogen and oxygen atoms in total. The highest BCUT2D eigenvalue weighted by molar-refractivity contribution is 5.64. The third kappa shape index (κ3) is 3.50. The van der Waals surface area contributed by atoms with Crippen molar-refractivity contribution in [2.75, 3.05) is 14.2 Å². The molecule has 0 spiro atoms. The van der Waals surface area contributed by atoms with Gasteiger partial charge in [-0.1, -0.05) is 0 Å². The molecule has 0 aliphatic heterocycles. The first-order valence-electron chi connectivity index (χ1n) is 4.57. The highest BCUT2D eigenvalue weighted by atomic mass is 16.5. The molecule has 0 aliphatic carbocycles. The second-order valence-corrected chi connectivity index (χ2v) is 3.09. The van der Waals surface area contributed by atoms with E-state index in [2.05, 4.69) is 0 Å². The fraction of sp³-hybridized carbons (Fsp3) is 0.364. The van der Waals surface area contributed by atoms with Gasteiger partial charge in [0.1, 0.15) is 11.5 Å². The van der Waals surface area contributed by atoms with Gasteiger partial charge in [0.25, 0.3) is 0 Å². The number of carboxylic acids is 1. The van der Waals surface area contributed by atoms with Gasteiger partial charge in [-0.3, -0.25) is 0 Å². The van der Waals surface area contributed by atoms with Crippen LogP contribution in [0.3, 0.4) is 0 Å². The van der Waals surface area contributed by atoms with Crippen molar-refractivity contribution in [2.24, 2.45) is 0 Å². The van der Waals surface area contributed by atoms with Gasteiger partial charge in [-0.15, -0.1) is 0 Å². The number of carbonyl (C=O) groups excluding carboxylic acids is 1. The van der Waals surface area contributed by atoms with Crippen LogP contribution >= 0.6 is 0 Å². The number of aryl methyl sites for hydroxylation is 1. The molecule has 0 amide bonds. The minimum atomic E-state index is -1.06. The molecule has 0 aromatic heterocycles. The highest BCUT2D eigenvalue weighted by Crippen LogP contribution is 2.23. The van der Waals surface area contributed by atoms with E-state index < -0.39 is 5.97 Å². The Morgan fingerprint density at radius 3 is 2.13 bits per heavy atom. The zero-order chi connectivity index (χ0) is 11.3. The predicted octanol–water partition coefficient (Wildman–Crippen LogP) is 0.386. The van der Waals surface area contributed by atoms with Gasteiger partial charge >= 0.3 is 0 Å². The summed E-state index contributed by atoms with van der Waals surface area (Å²) in [4.78, 5) is 10.3. The molecule has 0 aliphatic rings. The molecule has 0 unspecified atom stereocenters. The van der Waals surface area contributed by atoms with E-state index in [1.165, 1.54) is 0 Å². The van der Waals surface area contributed by atoms with E-state index in [0.717, 1.165) is 5.56 Å². The number of hydrogen-bond donors (Lipinski definition) is 0. The van der Waals surface area contributed by atoms with Crippen LogP contribution < -0.4 is 14.6 Å². The summed E-state index contributed by atoms with van der Waals surface area (Å²) in [5.74, 6) is 0.252. The smallest absolute Gasteiger partial charge is 0.122 e. The van der Waals surface area contributed by atoms with E-state index >= 15 is 0 Å². The molecular weight excluding hydrogens is 196 g/mol. The van der Waals surface area contributed by atoms with Gasteiger partial charge in [-0.25, -0.2) is 0 Å². The zero-order valence-corrected chi connectivity index (χ0v) is 8.78. The van der Waals surface area contributed by atoms with Crippen molar-refractivity contribution in [3.8, 4) is 11.5 Å². The van der Waals surface area contributed by atoms with Crippen LogP contribution in [-0.4, -0.2) is 20.2 Å². The zero-order valence-electron chi connectivity index (χ0n) is 8.78. The second-order valence-electron chi connectivity index (χ2n) is 3.09. The largest absolute Gasteiger partial charge is 0.550 e. The minimum Gasteiger partial charge on any atom is -0.550 e. The van der Waals surface area contributed by atoms with E-state index in [9.17, 15) is 9.90 Å². The molecule has 0 fully saturated rings. The maximum Gasteiger partial charge on any atom is 0.122 e. The van der Waals surface area contributed by atoms with E-state index in [1.54, 1.807) is 32.4 Å². The quantitative estimate of drug-likeness (QED) is 0.703. The molecular formula is C11H13O4-. The van der Waals surface area contributed by atoms with Gasteiger partial charge in [0.05, 0.1) is 14.2 Å². The molecule has 0 atom stereocenters. The molecule has 0 saturated heterocycles. The Hall–Kier alpha value is -1.71. The summed E-state index contributed by atoms with van der Waals surface area (Å²) in [6.07, 6.45) is 0.409. The van der Waals surface area contributed by atoms with Gasteiger partial charge < -0.3 is 19.4 Å². The normalized spacial score (nSPS) is 9.73. The summed E-state index contributed by atoms with van der Waals surface area (Å²) >= 11 is 0. The number of carbonyl (C=O) groups is 1. The maximum atomic E-state index is 10.3. The lowest BCUT2D eigenvalue weighted by molar-refractivity contribution is -0.305. The first kappa shape index (κ1) is 11.4. The Bertz CT molecular complexity index is 324. The first-order chi connectivity index (χ1) is 7.15. The van der Waals surface area contributed by atoms with Gasteiger partial charge in [-0.05, 0) is 30.5 Å². The lowest BCUT2D eigenvalue weighted by Crippen LogP contribution is -2.22. The summed E-state index contributed by atoms with van der Waals surface area (Å²) in [6, 6.07) is 5.30. The minimum absolute atomic E-state index is 0.00365. The van der Waals surface area contributed by atoms with Crippen molar-refractivity contribution < 1.29 is 19.4 Å². The van der Waals surface area contributed by atoms with Crippen LogP contribution in [0.1, 0.15) is 12.0 Å². The van der Waals surface area contributed by atoms with E-state index in [0.29, 0.717) is 17.9 Å². The monoisotopic (exact) mass is 209 g/mol. The van der Waals surface area contributed by atoms with Crippen molar-refractivity contribution in [1.82, 2.24) is 0 Å². The molecule has 0 N–H and O–H groups in total. The summed E-state index contributed by atoms with van der Waals surface area (Å²) in [5.41, 5.74) is 0.857. The van der Waals surface area contributed by atoms with E-state index in [1.807, 2.05) is 0 Å². The third-order valence-corrected chi connectivity index (χ3v) is 2.03.